The molecule has 4 rings (SSSR count). The van der Waals surface area contributed by atoms with Crippen molar-refractivity contribution >= 4 is 23.2 Å². The largest absolute Gasteiger partial charge is 0.330 e. The third-order valence-corrected chi connectivity index (χ3v) is 7.87. The van der Waals surface area contributed by atoms with Gasteiger partial charge in [0, 0.05) is 23.9 Å². The molecule has 2 amide bonds. The Morgan fingerprint density at radius 1 is 1.06 bits per heavy atom. The number of unbranched alkanes of at least 4 members (excludes halogenated alkanes) is 4. The van der Waals surface area contributed by atoms with E-state index in [0.717, 1.165) is 38.6 Å². The second kappa shape index (κ2) is 10.7. The van der Waals surface area contributed by atoms with Crippen molar-refractivity contribution in [2.75, 3.05) is 13.1 Å². The number of hydrogen-bond donors (Lipinski definition) is 0. The predicted molar refractivity (Wildman–Crippen MR) is 131 cm³/mol. The Bertz CT molecular complexity index is 933. The number of amides is 2. The molecule has 1 aliphatic heterocycles. The molecule has 172 valence electrons. The van der Waals surface area contributed by atoms with Gasteiger partial charge in [0.25, 0.3) is 0 Å². The molecule has 1 aliphatic carbocycles. The van der Waals surface area contributed by atoms with E-state index in [1.807, 2.05) is 9.80 Å². The van der Waals surface area contributed by atoms with Crippen LogP contribution in [0.15, 0.2) is 35.7 Å². The Morgan fingerprint density at radius 2 is 1.84 bits per heavy atom. The number of nitrogens with zero attached hydrogens (tertiary/aromatic N) is 2. The zero-order valence-electron chi connectivity index (χ0n) is 19.5. The molecule has 0 spiro atoms. The first-order valence-electron chi connectivity index (χ1n) is 12.3. The third kappa shape index (κ3) is 5.25. The van der Waals surface area contributed by atoms with E-state index in [2.05, 4.69) is 49.6 Å². The molecule has 32 heavy (non-hydrogen) atoms. The SMILES string of the molecule is CCCCCCCC(=O)N(CC(=O)N1CCc2sccc2C1c1ccccc1C)C1CC1. The molecule has 1 saturated carbocycles. The molecule has 2 aromatic rings. The van der Waals surface area contributed by atoms with Crippen molar-refractivity contribution in [2.24, 2.45) is 0 Å². The standard InChI is InChI=1S/C27H36N2O2S/c1-3-4-5-6-7-12-25(30)29(21-13-14-21)19-26(31)28-17-15-24-23(16-18-32-24)27(28)22-11-9-8-10-20(22)2/h8-11,16,18,21,27H,3-7,12-15,17,19H2,1-2H3. The molecular formula is C27H36N2O2S. The van der Waals surface area contributed by atoms with E-state index in [9.17, 15) is 9.59 Å². The fourth-order valence-electron chi connectivity index (χ4n) is 4.88. The van der Waals surface area contributed by atoms with Crippen LogP contribution in [0.3, 0.4) is 0 Å². The van der Waals surface area contributed by atoms with E-state index in [1.54, 1.807) is 11.3 Å². The van der Waals surface area contributed by atoms with Gasteiger partial charge in [0.1, 0.15) is 6.54 Å². The molecule has 2 heterocycles. The van der Waals surface area contributed by atoms with E-state index in [1.165, 1.54) is 40.8 Å². The first kappa shape index (κ1) is 23.0. The molecule has 1 aromatic carbocycles. The molecule has 5 heteroatoms. The predicted octanol–water partition coefficient (Wildman–Crippen LogP) is 5.88. The number of thiophene rings is 1. The summed E-state index contributed by atoms with van der Waals surface area (Å²) in [5, 5.41) is 2.14. The minimum atomic E-state index is -0.0519. The van der Waals surface area contributed by atoms with Crippen LogP contribution < -0.4 is 0 Å². The number of fused-ring (bicyclic) bond motifs is 1. The van der Waals surface area contributed by atoms with Crippen LogP contribution in [0.1, 0.15) is 85.9 Å². The first-order chi connectivity index (χ1) is 15.6. The molecule has 0 saturated heterocycles. The highest BCUT2D eigenvalue weighted by Crippen LogP contribution is 2.39. The van der Waals surface area contributed by atoms with Gasteiger partial charge >= 0.3 is 0 Å². The fourth-order valence-corrected chi connectivity index (χ4v) is 5.78. The third-order valence-electron chi connectivity index (χ3n) is 6.88. The van der Waals surface area contributed by atoms with Crippen LogP contribution in [0.4, 0.5) is 0 Å². The van der Waals surface area contributed by atoms with Crippen molar-refractivity contribution in [3.05, 3.63) is 57.3 Å². The molecule has 0 radical (unpaired) electrons. The molecule has 1 unspecified atom stereocenters. The van der Waals surface area contributed by atoms with Gasteiger partial charge < -0.3 is 9.80 Å². The number of carbonyl (C=O) groups is 2. The van der Waals surface area contributed by atoms with Crippen molar-refractivity contribution in [2.45, 2.75) is 83.7 Å². The average molecular weight is 453 g/mol. The van der Waals surface area contributed by atoms with Crippen molar-refractivity contribution in [1.82, 2.24) is 9.80 Å². The minimum Gasteiger partial charge on any atom is -0.330 e. The number of benzene rings is 1. The normalized spacial score (nSPS) is 17.8. The Labute approximate surface area is 196 Å². The zero-order valence-corrected chi connectivity index (χ0v) is 20.3. The summed E-state index contributed by atoms with van der Waals surface area (Å²) in [5.41, 5.74) is 3.65. The van der Waals surface area contributed by atoms with Crippen LogP contribution in [-0.4, -0.2) is 40.7 Å². The quantitative estimate of drug-likeness (QED) is 0.422. The molecular weight excluding hydrogens is 416 g/mol. The highest BCUT2D eigenvalue weighted by atomic mass is 32.1. The van der Waals surface area contributed by atoms with Crippen LogP contribution in [0.25, 0.3) is 0 Å². The van der Waals surface area contributed by atoms with E-state index in [0.29, 0.717) is 6.42 Å². The smallest absolute Gasteiger partial charge is 0.243 e. The Balaban J connectivity index is 1.48. The number of aryl methyl sites for hydroxylation is 1. The number of hydrogen-bond acceptors (Lipinski definition) is 3. The molecule has 4 nitrogen and oxygen atoms in total. The lowest BCUT2D eigenvalue weighted by Crippen LogP contribution is -2.47. The molecule has 2 aliphatic rings. The average Bonchev–Trinajstić information content (AvgIpc) is 3.52. The molecule has 1 atom stereocenters. The first-order valence-corrected chi connectivity index (χ1v) is 13.2. The van der Waals surface area contributed by atoms with Gasteiger partial charge in [0.2, 0.25) is 11.8 Å². The summed E-state index contributed by atoms with van der Waals surface area (Å²) in [6.07, 6.45) is 9.22. The van der Waals surface area contributed by atoms with Gasteiger partial charge in [-0.3, -0.25) is 9.59 Å². The Morgan fingerprint density at radius 3 is 2.59 bits per heavy atom. The van der Waals surface area contributed by atoms with E-state index in [-0.39, 0.29) is 30.4 Å². The minimum absolute atomic E-state index is 0.0519. The van der Waals surface area contributed by atoms with Crippen LogP contribution in [-0.2, 0) is 16.0 Å². The Hall–Kier alpha value is -2.14. The molecule has 0 bridgehead atoms. The lowest BCUT2D eigenvalue weighted by Gasteiger charge is -2.38. The maximum atomic E-state index is 13.6. The lowest BCUT2D eigenvalue weighted by atomic mass is 9.90. The van der Waals surface area contributed by atoms with Gasteiger partial charge in [-0.1, -0.05) is 56.9 Å². The van der Waals surface area contributed by atoms with E-state index < -0.39 is 0 Å². The number of rotatable bonds is 10. The van der Waals surface area contributed by atoms with Gasteiger partial charge in [0.05, 0.1) is 6.04 Å². The maximum absolute atomic E-state index is 13.6. The number of carbonyl (C=O) groups excluding carboxylic acids is 2. The fraction of sp³-hybridized carbons (Fsp3) is 0.556. The Kier molecular flexibility index (Phi) is 7.67. The summed E-state index contributed by atoms with van der Waals surface area (Å²) in [6, 6.07) is 10.8. The summed E-state index contributed by atoms with van der Waals surface area (Å²) in [7, 11) is 0. The zero-order chi connectivity index (χ0) is 22.5. The van der Waals surface area contributed by atoms with E-state index in [4.69, 9.17) is 0 Å². The topological polar surface area (TPSA) is 40.6 Å². The molecule has 1 aromatic heterocycles. The highest BCUT2D eigenvalue weighted by Gasteiger charge is 2.38. The maximum Gasteiger partial charge on any atom is 0.243 e. The van der Waals surface area contributed by atoms with Gasteiger partial charge in [-0.2, -0.15) is 0 Å². The van der Waals surface area contributed by atoms with Crippen molar-refractivity contribution in [1.29, 1.82) is 0 Å². The summed E-state index contributed by atoms with van der Waals surface area (Å²) in [4.78, 5) is 31.9. The highest BCUT2D eigenvalue weighted by molar-refractivity contribution is 7.10. The van der Waals surface area contributed by atoms with Crippen LogP contribution in [0.5, 0.6) is 0 Å². The van der Waals surface area contributed by atoms with Crippen LogP contribution in [0, 0.1) is 6.92 Å². The van der Waals surface area contributed by atoms with Crippen molar-refractivity contribution < 1.29 is 9.59 Å². The monoisotopic (exact) mass is 452 g/mol. The van der Waals surface area contributed by atoms with Gasteiger partial charge in [-0.15, -0.1) is 11.3 Å². The van der Waals surface area contributed by atoms with Gasteiger partial charge in [-0.05, 0) is 60.7 Å². The molecule has 1 fully saturated rings. The van der Waals surface area contributed by atoms with Crippen LogP contribution in [0.2, 0.25) is 0 Å². The second-order valence-corrected chi connectivity index (χ2v) is 10.3. The van der Waals surface area contributed by atoms with Crippen molar-refractivity contribution in [3.63, 3.8) is 0 Å². The van der Waals surface area contributed by atoms with Gasteiger partial charge in [-0.25, -0.2) is 0 Å². The lowest BCUT2D eigenvalue weighted by molar-refractivity contribution is -0.142. The summed E-state index contributed by atoms with van der Waals surface area (Å²) in [5.74, 6) is 0.249. The molecule has 0 N–H and O–H groups in total. The summed E-state index contributed by atoms with van der Waals surface area (Å²) < 4.78 is 0. The summed E-state index contributed by atoms with van der Waals surface area (Å²) >= 11 is 1.79. The van der Waals surface area contributed by atoms with Gasteiger partial charge in [0.15, 0.2) is 0 Å². The van der Waals surface area contributed by atoms with Crippen molar-refractivity contribution in [3.8, 4) is 0 Å². The summed E-state index contributed by atoms with van der Waals surface area (Å²) in [6.45, 7) is 5.27. The van der Waals surface area contributed by atoms with E-state index >= 15 is 0 Å². The second-order valence-electron chi connectivity index (χ2n) is 9.31. The van der Waals surface area contributed by atoms with Crippen LogP contribution >= 0.6 is 11.3 Å².